The molecule has 1 aromatic heterocycles. The molecule has 1 aliphatic heterocycles. The predicted molar refractivity (Wildman–Crippen MR) is 60.4 cm³/mol. The number of aromatic nitrogens is 1. The van der Waals surface area contributed by atoms with Crippen LogP contribution in [0.5, 0.6) is 0 Å². The van der Waals surface area contributed by atoms with Gasteiger partial charge in [0.2, 0.25) is 0 Å². The van der Waals surface area contributed by atoms with Crippen molar-refractivity contribution in [2.75, 3.05) is 0 Å². The highest BCUT2D eigenvalue weighted by atomic mass is 32.2. The van der Waals surface area contributed by atoms with Gasteiger partial charge in [-0.05, 0) is 17.5 Å². The second-order valence-corrected chi connectivity index (χ2v) is 3.85. The Hall–Kier alpha value is -1.55. The maximum absolute atomic E-state index is 10.1. The standard InChI is InChI=1S/C7H5NO.C4H4OS/c1-2-4-7-6(3-1)8-5-9-7;5-4-2-1-3-6-4/h1-5H;1,3H,2H2. The van der Waals surface area contributed by atoms with Gasteiger partial charge in [-0.1, -0.05) is 30.0 Å². The lowest BCUT2D eigenvalue weighted by atomic mass is 10.3. The fourth-order valence-corrected chi connectivity index (χ4v) is 1.66. The number of para-hydroxylation sites is 2. The van der Waals surface area contributed by atoms with Gasteiger partial charge in [0.1, 0.15) is 5.52 Å². The summed E-state index contributed by atoms with van der Waals surface area (Å²) in [6.07, 6.45) is 3.95. The molecule has 0 spiro atoms. The van der Waals surface area contributed by atoms with Crippen LogP contribution >= 0.6 is 11.8 Å². The minimum atomic E-state index is 0.259. The van der Waals surface area contributed by atoms with Crippen LogP contribution in [-0.4, -0.2) is 10.1 Å². The third-order valence-corrected chi connectivity index (χ3v) is 2.58. The summed E-state index contributed by atoms with van der Waals surface area (Å²) in [5.74, 6) is 0. The van der Waals surface area contributed by atoms with E-state index in [1.807, 2.05) is 35.7 Å². The molecular weight excluding hydrogens is 210 g/mol. The Bertz CT molecular complexity index is 450. The molecule has 0 aliphatic carbocycles. The van der Waals surface area contributed by atoms with Gasteiger partial charge in [-0.15, -0.1) is 0 Å². The molecule has 4 heteroatoms. The van der Waals surface area contributed by atoms with Crippen molar-refractivity contribution in [2.45, 2.75) is 6.42 Å². The quantitative estimate of drug-likeness (QED) is 0.683. The summed E-state index contributed by atoms with van der Waals surface area (Å²) < 4.78 is 5.01. The Morgan fingerprint density at radius 1 is 1.33 bits per heavy atom. The Morgan fingerprint density at radius 3 is 2.80 bits per heavy atom. The molecule has 76 valence electrons. The van der Waals surface area contributed by atoms with Crippen molar-refractivity contribution in [2.24, 2.45) is 0 Å². The Balaban J connectivity index is 0.000000124. The summed E-state index contributed by atoms with van der Waals surface area (Å²) in [5.41, 5.74) is 1.76. The van der Waals surface area contributed by atoms with E-state index in [0.29, 0.717) is 6.42 Å². The Kier molecular flexibility index (Phi) is 3.19. The molecule has 0 unspecified atom stereocenters. The van der Waals surface area contributed by atoms with Gasteiger partial charge in [0.25, 0.3) is 0 Å². The largest absolute Gasteiger partial charge is 0.443 e. The molecule has 0 saturated carbocycles. The van der Waals surface area contributed by atoms with Crippen molar-refractivity contribution in [3.8, 4) is 0 Å². The molecule has 0 radical (unpaired) electrons. The van der Waals surface area contributed by atoms with Crippen LogP contribution in [0.15, 0.2) is 46.6 Å². The van der Waals surface area contributed by atoms with E-state index in [4.69, 9.17) is 4.42 Å². The van der Waals surface area contributed by atoms with Gasteiger partial charge in [-0.3, -0.25) is 4.79 Å². The van der Waals surface area contributed by atoms with Crippen molar-refractivity contribution >= 4 is 28.0 Å². The number of rotatable bonds is 0. The van der Waals surface area contributed by atoms with Gasteiger partial charge in [0.15, 0.2) is 17.1 Å². The monoisotopic (exact) mass is 219 g/mol. The number of benzene rings is 1. The minimum absolute atomic E-state index is 0.259. The predicted octanol–water partition coefficient (Wildman–Crippen LogP) is 2.99. The lowest BCUT2D eigenvalue weighted by Crippen LogP contribution is -1.75. The average molecular weight is 219 g/mol. The van der Waals surface area contributed by atoms with E-state index in [-0.39, 0.29) is 5.12 Å². The first-order chi connectivity index (χ1) is 7.36. The van der Waals surface area contributed by atoms with Gasteiger partial charge in [-0.25, -0.2) is 4.98 Å². The molecule has 0 saturated heterocycles. The number of oxazole rings is 1. The number of carbonyl (C=O) groups is 1. The molecule has 0 amide bonds. The summed E-state index contributed by atoms with van der Waals surface area (Å²) in [6.45, 7) is 0. The fraction of sp³-hybridized carbons (Fsp3) is 0.0909. The summed E-state index contributed by atoms with van der Waals surface area (Å²) >= 11 is 1.28. The molecule has 0 atom stereocenters. The van der Waals surface area contributed by atoms with Crippen molar-refractivity contribution in [1.82, 2.24) is 4.98 Å². The second-order valence-electron chi connectivity index (χ2n) is 2.89. The number of carbonyl (C=O) groups excluding carboxylic acids is 1. The van der Waals surface area contributed by atoms with Crippen molar-refractivity contribution in [1.29, 1.82) is 0 Å². The number of hydrogen-bond acceptors (Lipinski definition) is 4. The minimum Gasteiger partial charge on any atom is -0.443 e. The molecule has 0 N–H and O–H groups in total. The third-order valence-electron chi connectivity index (χ3n) is 1.82. The number of fused-ring (bicyclic) bond motifs is 1. The van der Waals surface area contributed by atoms with E-state index in [0.717, 1.165) is 11.1 Å². The molecule has 1 aliphatic rings. The van der Waals surface area contributed by atoms with Crippen molar-refractivity contribution < 1.29 is 9.21 Å². The van der Waals surface area contributed by atoms with Crippen LogP contribution < -0.4 is 0 Å². The van der Waals surface area contributed by atoms with Crippen LogP contribution in [0.3, 0.4) is 0 Å². The zero-order chi connectivity index (χ0) is 10.5. The lowest BCUT2D eigenvalue weighted by Gasteiger charge is -1.79. The van der Waals surface area contributed by atoms with Gasteiger partial charge in [-0.2, -0.15) is 0 Å². The van der Waals surface area contributed by atoms with Crippen LogP contribution in [0.2, 0.25) is 0 Å². The van der Waals surface area contributed by atoms with E-state index in [1.54, 1.807) is 0 Å². The highest BCUT2D eigenvalue weighted by Gasteiger charge is 2.00. The van der Waals surface area contributed by atoms with Crippen LogP contribution in [-0.2, 0) is 4.79 Å². The smallest absolute Gasteiger partial charge is 0.196 e. The van der Waals surface area contributed by atoms with E-state index < -0.39 is 0 Å². The van der Waals surface area contributed by atoms with Crippen LogP contribution in [0.25, 0.3) is 11.1 Å². The highest BCUT2D eigenvalue weighted by Crippen LogP contribution is 2.14. The number of nitrogens with zero attached hydrogens (tertiary/aromatic N) is 1. The SMILES string of the molecule is O=C1CC=CS1.c1ccc2ocnc2c1. The van der Waals surface area contributed by atoms with Crippen molar-refractivity contribution in [3.05, 3.63) is 42.1 Å². The molecular formula is C11H9NO2S. The van der Waals surface area contributed by atoms with Crippen LogP contribution in [0.1, 0.15) is 6.42 Å². The molecule has 3 rings (SSSR count). The molecule has 3 nitrogen and oxygen atoms in total. The van der Waals surface area contributed by atoms with Crippen LogP contribution in [0.4, 0.5) is 0 Å². The molecule has 0 bridgehead atoms. The third kappa shape index (κ3) is 2.70. The second kappa shape index (κ2) is 4.79. The van der Waals surface area contributed by atoms with E-state index >= 15 is 0 Å². The first-order valence-corrected chi connectivity index (χ1v) is 5.37. The molecule has 15 heavy (non-hydrogen) atoms. The Morgan fingerprint density at radius 2 is 2.20 bits per heavy atom. The van der Waals surface area contributed by atoms with Gasteiger partial charge >= 0.3 is 0 Å². The van der Waals surface area contributed by atoms with Gasteiger partial charge in [0.05, 0.1) is 0 Å². The zero-order valence-corrected chi connectivity index (χ0v) is 8.74. The lowest BCUT2D eigenvalue weighted by molar-refractivity contribution is -0.110. The van der Waals surface area contributed by atoms with Gasteiger partial charge in [0, 0.05) is 6.42 Å². The maximum atomic E-state index is 10.1. The van der Waals surface area contributed by atoms with E-state index in [2.05, 4.69) is 4.98 Å². The van der Waals surface area contributed by atoms with Gasteiger partial charge < -0.3 is 4.42 Å². The van der Waals surface area contributed by atoms with Crippen LogP contribution in [0, 0.1) is 0 Å². The fourth-order valence-electron chi connectivity index (χ4n) is 1.12. The zero-order valence-electron chi connectivity index (χ0n) is 7.92. The van der Waals surface area contributed by atoms with E-state index in [9.17, 15) is 4.79 Å². The first-order valence-electron chi connectivity index (χ1n) is 4.49. The molecule has 0 fully saturated rings. The summed E-state index contributed by atoms with van der Waals surface area (Å²) in [6, 6.07) is 7.67. The topological polar surface area (TPSA) is 43.1 Å². The molecule has 2 aromatic rings. The molecule has 1 aromatic carbocycles. The summed E-state index contributed by atoms with van der Waals surface area (Å²) in [4.78, 5) is 14.1. The first kappa shape index (κ1) is 9.98. The number of hydrogen-bond donors (Lipinski definition) is 0. The Labute approximate surface area is 91.2 Å². The molecule has 2 heterocycles. The van der Waals surface area contributed by atoms with E-state index in [1.165, 1.54) is 18.2 Å². The highest BCUT2D eigenvalue weighted by molar-refractivity contribution is 8.16. The maximum Gasteiger partial charge on any atom is 0.196 e. The number of thioether (sulfide) groups is 1. The summed E-state index contributed by atoms with van der Waals surface area (Å²) in [5, 5.41) is 2.08. The number of allylic oxidation sites excluding steroid dienone is 1. The normalized spacial score (nSPS) is 14.0. The van der Waals surface area contributed by atoms with Crippen molar-refractivity contribution in [3.63, 3.8) is 0 Å². The summed E-state index contributed by atoms with van der Waals surface area (Å²) in [7, 11) is 0. The average Bonchev–Trinajstić information content (AvgIpc) is 2.88.